The summed E-state index contributed by atoms with van der Waals surface area (Å²) in [5.41, 5.74) is 6.89. The number of β-lactam (4-membered cyclic amide) rings is 1. The van der Waals surface area contributed by atoms with Crippen molar-refractivity contribution in [1.82, 2.24) is 25.4 Å². The van der Waals surface area contributed by atoms with Gasteiger partial charge in [0.25, 0.3) is 5.91 Å². The number of thioether (sulfide) groups is 2. The second-order valence-corrected chi connectivity index (χ2v) is 10.1. The fourth-order valence-electron chi connectivity index (χ4n) is 3.58. The fraction of sp³-hybridized carbons (Fsp3) is 0.300. The smallest absolute Gasteiger partial charge is 0.352 e. The number of carbonyl (C=O) groups excluding carboxylic acids is 2. The van der Waals surface area contributed by atoms with Gasteiger partial charge in [-0.1, -0.05) is 35.5 Å². The number of hydrogen-bond acceptors (Lipinski definition) is 9. The Bertz CT molecular complexity index is 1220. The minimum atomic E-state index is -1.26. The van der Waals surface area contributed by atoms with Gasteiger partial charge in [0, 0.05) is 16.5 Å². The van der Waals surface area contributed by atoms with Crippen molar-refractivity contribution in [2.45, 2.75) is 29.0 Å². The third kappa shape index (κ3) is 5.29. The van der Waals surface area contributed by atoms with Crippen molar-refractivity contribution in [3.63, 3.8) is 0 Å². The monoisotopic (exact) mass is 538 g/mol. The van der Waals surface area contributed by atoms with E-state index in [1.165, 1.54) is 16.7 Å². The molecule has 2 aliphatic rings. The van der Waals surface area contributed by atoms with E-state index in [9.17, 15) is 24.3 Å². The Labute approximate surface area is 211 Å². The molecule has 2 amide bonds. The summed E-state index contributed by atoms with van der Waals surface area (Å²) in [7, 11) is 0. The Balaban J connectivity index is 1.42. The van der Waals surface area contributed by atoms with E-state index < -0.39 is 41.2 Å². The van der Waals surface area contributed by atoms with Crippen LogP contribution < -0.4 is 11.1 Å². The third-order valence-corrected chi connectivity index (χ3v) is 7.79. The third-order valence-electron chi connectivity index (χ3n) is 5.26. The van der Waals surface area contributed by atoms with Crippen molar-refractivity contribution in [1.29, 1.82) is 0 Å². The number of nitrogens with one attached hydrogen (secondary N) is 2. The first kappa shape index (κ1) is 25.0. The Morgan fingerprint density at radius 2 is 2.03 bits per heavy atom. The van der Waals surface area contributed by atoms with Gasteiger partial charge in [0.05, 0.1) is 0 Å². The number of halogens is 1. The molecule has 4 rings (SSSR count). The molecule has 2 aromatic rings. The van der Waals surface area contributed by atoms with Crippen LogP contribution in [-0.4, -0.2) is 77.0 Å². The summed E-state index contributed by atoms with van der Waals surface area (Å²) in [5.74, 6) is -2.74. The van der Waals surface area contributed by atoms with Gasteiger partial charge in [-0.2, -0.15) is 0 Å². The molecule has 35 heavy (non-hydrogen) atoms. The largest absolute Gasteiger partial charge is 0.481 e. The fourth-order valence-corrected chi connectivity index (χ4v) is 6.00. The number of nitrogens with zero attached hydrogens (tertiary/aromatic N) is 3. The van der Waals surface area contributed by atoms with Gasteiger partial charge in [-0.15, -0.1) is 16.9 Å². The standard InChI is InChI=1S/C20H19ClN6O6S2/c21-10-3-1-8(2-4-10)13(22)16(30)24-14-17(31)27-15(19(32)33)9(6-34-18(14)27)7-35-20-23-11(25-26-20)5-12(28)29/h1-4,13-14,18H,5-7,22H2,(H,24,30)(H,28,29)(H,32,33)(H,23,25,26)/t13?,14?,18-/m1/s1. The van der Waals surface area contributed by atoms with Crippen molar-refractivity contribution in [2.75, 3.05) is 11.5 Å². The normalized spacial score (nSPS) is 20.2. The molecule has 0 aliphatic carbocycles. The molecule has 1 saturated heterocycles. The van der Waals surface area contributed by atoms with Crippen LogP contribution in [0.3, 0.4) is 0 Å². The number of hydrogen-bond donors (Lipinski definition) is 5. The number of amides is 2. The summed E-state index contributed by atoms with van der Waals surface area (Å²) in [4.78, 5) is 53.4. The molecule has 0 radical (unpaired) electrons. The number of rotatable bonds is 9. The van der Waals surface area contributed by atoms with Crippen LogP contribution in [0.2, 0.25) is 5.02 Å². The van der Waals surface area contributed by atoms with E-state index in [4.69, 9.17) is 22.4 Å². The van der Waals surface area contributed by atoms with Crippen LogP contribution in [0.15, 0.2) is 40.7 Å². The minimum Gasteiger partial charge on any atom is -0.481 e. The maximum atomic E-state index is 12.8. The van der Waals surface area contributed by atoms with Gasteiger partial charge in [-0.25, -0.2) is 9.78 Å². The van der Waals surface area contributed by atoms with Crippen LogP contribution in [0.25, 0.3) is 0 Å². The average molecular weight is 539 g/mol. The van der Waals surface area contributed by atoms with E-state index in [1.54, 1.807) is 24.3 Å². The Morgan fingerprint density at radius 3 is 2.69 bits per heavy atom. The van der Waals surface area contributed by atoms with Crippen LogP contribution in [-0.2, 0) is 25.6 Å². The van der Waals surface area contributed by atoms with Crippen LogP contribution in [0.4, 0.5) is 0 Å². The summed E-state index contributed by atoms with van der Waals surface area (Å²) in [6, 6.07) is 4.52. The number of nitrogens with two attached hydrogens (primary N) is 1. The Morgan fingerprint density at radius 1 is 1.31 bits per heavy atom. The van der Waals surface area contributed by atoms with Gasteiger partial charge in [0.2, 0.25) is 11.1 Å². The lowest BCUT2D eigenvalue weighted by Gasteiger charge is -2.49. The highest BCUT2D eigenvalue weighted by Gasteiger charge is 2.54. The van der Waals surface area contributed by atoms with Crippen LogP contribution >= 0.6 is 35.1 Å². The topological polar surface area (TPSA) is 192 Å². The zero-order chi connectivity index (χ0) is 25.3. The zero-order valence-corrected chi connectivity index (χ0v) is 20.2. The van der Waals surface area contributed by atoms with E-state index in [2.05, 4.69) is 20.5 Å². The van der Waals surface area contributed by atoms with Gasteiger partial charge in [0.1, 0.15) is 35.4 Å². The Hall–Kier alpha value is -3.07. The second kappa shape index (κ2) is 10.3. The maximum absolute atomic E-state index is 12.8. The molecule has 12 nitrogen and oxygen atoms in total. The first-order valence-electron chi connectivity index (χ1n) is 10.1. The molecule has 0 spiro atoms. The number of aliphatic carboxylic acids is 2. The van der Waals surface area contributed by atoms with E-state index >= 15 is 0 Å². The second-order valence-electron chi connectivity index (χ2n) is 7.61. The molecule has 1 aromatic heterocycles. The molecule has 1 aromatic carbocycles. The molecule has 0 saturated carbocycles. The molecule has 2 aliphatic heterocycles. The van der Waals surface area contributed by atoms with E-state index in [0.717, 1.165) is 11.8 Å². The molecule has 15 heteroatoms. The van der Waals surface area contributed by atoms with Crippen molar-refractivity contribution in [3.8, 4) is 0 Å². The summed E-state index contributed by atoms with van der Waals surface area (Å²) in [6.07, 6.45) is -0.314. The molecule has 2 unspecified atom stereocenters. The number of carbonyl (C=O) groups is 4. The van der Waals surface area contributed by atoms with Crippen molar-refractivity contribution < 1.29 is 29.4 Å². The van der Waals surface area contributed by atoms with Gasteiger partial charge in [-0.05, 0) is 23.3 Å². The number of aromatic amines is 1. The first-order valence-corrected chi connectivity index (χ1v) is 12.5. The molecule has 1 fully saturated rings. The van der Waals surface area contributed by atoms with Crippen LogP contribution in [0.5, 0.6) is 0 Å². The summed E-state index contributed by atoms with van der Waals surface area (Å²) in [5, 5.41) is 27.9. The lowest BCUT2D eigenvalue weighted by atomic mass is 10.0. The number of carboxylic acid groups (broad SMARTS) is 2. The molecular weight excluding hydrogens is 520 g/mol. The summed E-state index contributed by atoms with van der Waals surface area (Å²) in [6.45, 7) is 0. The molecule has 184 valence electrons. The molecule has 3 heterocycles. The summed E-state index contributed by atoms with van der Waals surface area (Å²) >= 11 is 8.31. The zero-order valence-electron chi connectivity index (χ0n) is 17.8. The number of H-pyrrole nitrogens is 1. The number of fused-ring (bicyclic) bond motifs is 1. The summed E-state index contributed by atoms with van der Waals surface area (Å²) < 4.78 is 0. The van der Waals surface area contributed by atoms with E-state index in [0.29, 0.717) is 21.9 Å². The predicted molar refractivity (Wildman–Crippen MR) is 127 cm³/mol. The van der Waals surface area contributed by atoms with Crippen LogP contribution in [0.1, 0.15) is 17.4 Å². The highest BCUT2D eigenvalue weighted by atomic mass is 35.5. The minimum absolute atomic E-state index is 0.139. The molecule has 6 N–H and O–H groups in total. The quantitative estimate of drug-likeness (QED) is 0.222. The van der Waals surface area contributed by atoms with Gasteiger partial charge in [-0.3, -0.25) is 24.4 Å². The van der Waals surface area contributed by atoms with E-state index in [-0.39, 0.29) is 28.9 Å². The average Bonchev–Trinajstić information content (AvgIpc) is 3.26. The van der Waals surface area contributed by atoms with E-state index in [1.807, 2.05) is 0 Å². The predicted octanol–water partition coefficient (Wildman–Crippen LogP) is 0.616. The van der Waals surface area contributed by atoms with Gasteiger partial charge in [0.15, 0.2) is 0 Å². The lowest BCUT2D eigenvalue weighted by molar-refractivity contribution is -0.150. The Kier molecular flexibility index (Phi) is 7.35. The van der Waals surface area contributed by atoms with Crippen LogP contribution in [0, 0.1) is 0 Å². The van der Waals surface area contributed by atoms with Crippen molar-refractivity contribution >= 4 is 58.9 Å². The van der Waals surface area contributed by atoms with Gasteiger partial charge >= 0.3 is 11.9 Å². The maximum Gasteiger partial charge on any atom is 0.352 e. The van der Waals surface area contributed by atoms with Crippen molar-refractivity contribution in [3.05, 3.63) is 51.9 Å². The number of benzene rings is 1. The first-order chi connectivity index (χ1) is 16.7. The van der Waals surface area contributed by atoms with Crippen molar-refractivity contribution in [2.24, 2.45) is 5.73 Å². The molecular formula is C20H19ClN6O6S2. The SMILES string of the molecule is NC(C(=O)NC1C(=O)N2C(C(=O)O)=C(CSc3n[nH]c(CC(=O)O)n3)CS[C@H]12)c1ccc(Cl)cc1. The highest BCUT2D eigenvalue weighted by molar-refractivity contribution is 8.01. The molecule has 0 bridgehead atoms. The number of aromatic nitrogens is 3. The highest BCUT2D eigenvalue weighted by Crippen LogP contribution is 2.41. The van der Waals surface area contributed by atoms with Gasteiger partial charge < -0.3 is 21.3 Å². The molecule has 3 atom stereocenters. The lowest BCUT2D eigenvalue weighted by Crippen LogP contribution is -2.71. The number of carboxylic acids is 2.